The molecule has 0 bridgehead atoms. The number of aliphatic hydroxyl groups excluding tert-OH is 1. The van der Waals surface area contributed by atoms with Crippen LogP contribution in [-0.4, -0.2) is 26.7 Å². The lowest BCUT2D eigenvalue weighted by atomic mass is 9.78. The average Bonchev–Trinajstić information content (AvgIpc) is 3.00. The molecule has 0 saturated heterocycles. The summed E-state index contributed by atoms with van der Waals surface area (Å²) < 4.78 is 1.54. The number of nitrogens with zero attached hydrogens (tertiary/aromatic N) is 1. The second-order valence-corrected chi connectivity index (χ2v) is 7.44. The van der Waals surface area contributed by atoms with Crippen LogP contribution in [0.3, 0.4) is 0 Å². The highest BCUT2D eigenvalue weighted by Gasteiger charge is 2.54. The van der Waals surface area contributed by atoms with Crippen molar-refractivity contribution in [2.75, 3.05) is 0 Å². The number of primary amides is 1. The van der Waals surface area contributed by atoms with Gasteiger partial charge in [0.05, 0.1) is 17.7 Å². The molecule has 3 rings (SSSR count). The Morgan fingerprint density at radius 2 is 1.76 bits per heavy atom. The number of carbonyl (C=O) groups excluding carboxylic acids is 1. The van der Waals surface area contributed by atoms with E-state index < -0.39 is 22.7 Å². The first-order chi connectivity index (χ1) is 11.6. The van der Waals surface area contributed by atoms with Gasteiger partial charge in [-0.15, -0.1) is 0 Å². The second kappa shape index (κ2) is 5.46. The van der Waals surface area contributed by atoms with Crippen LogP contribution in [0, 0.1) is 0 Å². The van der Waals surface area contributed by atoms with Crippen molar-refractivity contribution in [1.29, 1.82) is 0 Å². The third-order valence-electron chi connectivity index (χ3n) is 5.20. The Morgan fingerprint density at radius 1 is 1.16 bits per heavy atom. The molecule has 0 spiro atoms. The van der Waals surface area contributed by atoms with Gasteiger partial charge in [0.1, 0.15) is 5.69 Å². The number of nitrogens with two attached hydrogens (primary N) is 1. The van der Waals surface area contributed by atoms with Crippen LogP contribution in [0.5, 0.6) is 0 Å². The van der Waals surface area contributed by atoms with Crippen molar-refractivity contribution in [3.05, 3.63) is 52.8 Å². The number of para-hydroxylation sites is 1. The van der Waals surface area contributed by atoms with E-state index in [-0.39, 0.29) is 12.3 Å². The van der Waals surface area contributed by atoms with Gasteiger partial charge in [0.2, 0.25) is 5.91 Å². The Balaban J connectivity index is 2.49. The SMILES string of the molecule is CC1(C)CC(C)(C(N)=O)c2c1c(CO)n(-c1ccccc1)c2C(=O)O. The number of aliphatic hydroxyl groups is 1. The van der Waals surface area contributed by atoms with Gasteiger partial charge >= 0.3 is 5.97 Å². The molecule has 6 nitrogen and oxygen atoms in total. The van der Waals surface area contributed by atoms with Crippen LogP contribution < -0.4 is 5.73 Å². The Bertz CT molecular complexity index is 867. The lowest BCUT2D eigenvalue weighted by Crippen LogP contribution is -2.39. The van der Waals surface area contributed by atoms with Gasteiger partial charge in [0.15, 0.2) is 0 Å². The molecule has 2 aromatic rings. The molecular formula is C19H22N2O4. The zero-order chi connectivity index (χ0) is 18.6. The molecule has 4 N–H and O–H groups in total. The minimum atomic E-state index is -1.15. The molecule has 25 heavy (non-hydrogen) atoms. The van der Waals surface area contributed by atoms with Gasteiger partial charge in [-0.25, -0.2) is 4.79 Å². The highest BCUT2D eigenvalue weighted by atomic mass is 16.4. The summed E-state index contributed by atoms with van der Waals surface area (Å²) in [7, 11) is 0. The predicted octanol–water partition coefficient (Wildman–Crippen LogP) is 2.09. The summed E-state index contributed by atoms with van der Waals surface area (Å²) in [5.41, 5.74) is 6.33. The van der Waals surface area contributed by atoms with Gasteiger partial charge in [-0.1, -0.05) is 32.0 Å². The maximum atomic E-state index is 12.3. The maximum Gasteiger partial charge on any atom is 0.353 e. The van der Waals surface area contributed by atoms with Crippen molar-refractivity contribution in [2.24, 2.45) is 5.73 Å². The van der Waals surface area contributed by atoms with Crippen molar-refractivity contribution in [3.63, 3.8) is 0 Å². The number of carboxylic acid groups (broad SMARTS) is 1. The minimum Gasteiger partial charge on any atom is -0.477 e. The molecule has 1 atom stereocenters. The van der Waals surface area contributed by atoms with Crippen molar-refractivity contribution < 1.29 is 19.8 Å². The van der Waals surface area contributed by atoms with Gasteiger partial charge in [0.25, 0.3) is 0 Å². The van der Waals surface area contributed by atoms with Gasteiger partial charge in [-0.3, -0.25) is 4.79 Å². The van der Waals surface area contributed by atoms with Crippen LogP contribution in [0.2, 0.25) is 0 Å². The largest absolute Gasteiger partial charge is 0.477 e. The molecule has 1 amide bonds. The van der Waals surface area contributed by atoms with E-state index in [2.05, 4.69) is 0 Å². The molecule has 1 aromatic carbocycles. The molecule has 132 valence electrons. The number of fused-ring (bicyclic) bond motifs is 1. The molecule has 1 aliphatic carbocycles. The smallest absolute Gasteiger partial charge is 0.353 e. The van der Waals surface area contributed by atoms with Crippen molar-refractivity contribution >= 4 is 11.9 Å². The number of aromatic nitrogens is 1. The maximum absolute atomic E-state index is 12.3. The van der Waals surface area contributed by atoms with E-state index in [1.165, 1.54) is 4.57 Å². The van der Waals surface area contributed by atoms with Crippen LogP contribution in [0.1, 0.15) is 54.5 Å². The average molecular weight is 342 g/mol. The first kappa shape index (κ1) is 17.2. The predicted molar refractivity (Wildman–Crippen MR) is 92.8 cm³/mol. The Labute approximate surface area is 145 Å². The number of amides is 1. The van der Waals surface area contributed by atoms with E-state index in [1.807, 2.05) is 19.9 Å². The number of hydrogen-bond acceptors (Lipinski definition) is 3. The number of benzene rings is 1. The number of carboxylic acids is 1. The number of rotatable bonds is 4. The third kappa shape index (κ3) is 2.28. The van der Waals surface area contributed by atoms with Crippen molar-refractivity contribution in [3.8, 4) is 5.69 Å². The van der Waals surface area contributed by atoms with E-state index in [1.54, 1.807) is 31.2 Å². The Hall–Kier alpha value is -2.60. The van der Waals surface area contributed by atoms with Gasteiger partial charge in [0, 0.05) is 11.3 Å². The summed E-state index contributed by atoms with van der Waals surface area (Å²) in [6.07, 6.45) is 0.406. The lowest BCUT2D eigenvalue weighted by Gasteiger charge is -2.27. The summed E-state index contributed by atoms with van der Waals surface area (Å²) in [6.45, 7) is 5.24. The molecule has 1 aliphatic rings. The van der Waals surface area contributed by atoms with E-state index in [4.69, 9.17) is 5.73 Å². The summed E-state index contributed by atoms with van der Waals surface area (Å²) >= 11 is 0. The fourth-order valence-electron chi connectivity index (χ4n) is 4.37. The first-order valence-corrected chi connectivity index (χ1v) is 8.13. The van der Waals surface area contributed by atoms with Crippen LogP contribution in [0.4, 0.5) is 0 Å². The molecule has 0 fully saturated rings. The van der Waals surface area contributed by atoms with Crippen molar-refractivity contribution in [2.45, 2.75) is 44.6 Å². The third-order valence-corrected chi connectivity index (χ3v) is 5.20. The molecule has 0 aliphatic heterocycles. The van der Waals surface area contributed by atoms with Crippen LogP contribution in [0.25, 0.3) is 5.69 Å². The minimum absolute atomic E-state index is 0.00266. The van der Waals surface area contributed by atoms with Crippen LogP contribution in [-0.2, 0) is 22.2 Å². The van der Waals surface area contributed by atoms with Gasteiger partial charge in [-0.2, -0.15) is 0 Å². The fourth-order valence-corrected chi connectivity index (χ4v) is 4.37. The number of carbonyl (C=O) groups is 2. The van der Waals surface area contributed by atoms with E-state index in [0.717, 1.165) is 0 Å². The molecule has 1 heterocycles. The quantitative estimate of drug-likeness (QED) is 0.791. The normalized spacial score (nSPS) is 21.1. The summed E-state index contributed by atoms with van der Waals surface area (Å²) in [5.74, 6) is -1.71. The first-order valence-electron chi connectivity index (χ1n) is 8.13. The summed E-state index contributed by atoms with van der Waals surface area (Å²) in [6, 6.07) is 8.97. The highest BCUT2D eigenvalue weighted by Crippen LogP contribution is 2.53. The standard InChI is InChI=1S/C19H22N2O4/c1-18(2)10-19(3,17(20)25)14-13(18)12(9-22)21(15(14)16(23)24)11-7-5-4-6-8-11/h4-8,22H,9-10H2,1-3H3,(H2,20,25)(H,23,24). The number of hydrogen-bond donors (Lipinski definition) is 3. The van der Waals surface area contributed by atoms with E-state index in [0.29, 0.717) is 28.9 Å². The van der Waals surface area contributed by atoms with E-state index >= 15 is 0 Å². The number of aromatic carboxylic acids is 1. The molecule has 0 radical (unpaired) electrons. The van der Waals surface area contributed by atoms with E-state index in [9.17, 15) is 19.8 Å². The monoisotopic (exact) mass is 342 g/mol. The topological polar surface area (TPSA) is 106 Å². The molecule has 0 saturated carbocycles. The molecule has 6 heteroatoms. The molecule has 1 unspecified atom stereocenters. The second-order valence-electron chi connectivity index (χ2n) is 7.44. The molecular weight excluding hydrogens is 320 g/mol. The fraction of sp³-hybridized carbons (Fsp3) is 0.368. The zero-order valence-corrected chi connectivity index (χ0v) is 14.5. The van der Waals surface area contributed by atoms with Crippen LogP contribution >= 0.6 is 0 Å². The van der Waals surface area contributed by atoms with Crippen LogP contribution in [0.15, 0.2) is 30.3 Å². The summed E-state index contributed by atoms with van der Waals surface area (Å²) in [4.78, 5) is 24.4. The van der Waals surface area contributed by atoms with Crippen molar-refractivity contribution in [1.82, 2.24) is 4.57 Å². The lowest BCUT2D eigenvalue weighted by molar-refractivity contribution is -0.123. The summed E-state index contributed by atoms with van der Waals surface area (Å²) in [5, 5.41) is 20.0. The highest BCUT2D eigenvalue weighted by molar-refractivity contribution is 5.97. The van der Waals surface area contributed by atoms with Gasteiger partial charge in [-0.05, 0) is 36.5 Å². The zero-order valence-electron chi connectivity index (χ0n) is 14.5. The Kier molecular flexibility index (Phi) is 3.76. The van der Waals surface area contributed by atoms with Gasteiger partial charge < -0.3 is 20.5 Å². The Morgan fingerprint density at radius 3 is 2.24 bits per heavy atom. The molecule has 1 aromatic heterocycles.